The molecule has 1 aromatic rings. The van der Waals surface area contributed by atoms with Crippen molar-refractivity contribution < 1.29 is 0 Å². The molecular formula is C16H28N2. The van der Waals surface area contributed by atoms with Crippen molar-refractivity contribution in [3.8, 4) is 0 Å². The van der Waals surface area contributed by atoms with Crippen molar-refractivity contribution in [1.82, 2.24) is 5.32 Å². The molecule has 0 fully saturated rings. The molecule has 1 unspecified atom stereocenters. The second-order valence-corrected chi connectivity index (χ2v) is 5.09. The molecule has 0 bridgehead atoms. The summed E-state index contributed by atoms with van der Waals surface area (Å²) in [4.78, 5) is 2.37. The average Bonchev–Trinajstić information content (AvgIpc) is 2.39. The molecule has 0 spiro atoms. The van der Waals surface area contributed by atoms with E-state index in [1.165, 1.54) is 30.5 Å². The highest BCUT2D eigenvalue weighted by molar-refractivity contribution is 5.47. The summed E-state index contributed by atoms with van der Waals surface area (Å²) in [5, 5.41) is 3.43. The Hall–Kier alpha value is -1.02. The number of hydrogen-bond acceptors (Lipinski definition) is 2. The molecule has 0 amide bonds. The molecular weight excluding hydrogens is 220 g/mol. The molecule has 0 aliphatic heterocycles. The lowest BCUT2D eigenvalue weighted by Crippen LogP contribution is -2.28. The third kappa shape index (κ3) is 4.69. The number of hydrogen-bond donors (Lipinski definition) is 1. The Morgan fingerprint density at radius 2 is 1.78 bits per heavy atom. The van der Waals surface area contributed by atoms with Crippen LogP contribution in [0.1, 0.15) is 45.6 Å². The van der Waals surface area contributed by atoms with Crippen molar-refractivity contribution in [2.24, 2.45) is 0 Å². The van der Waals surface area contributed by atoms with Gasteiger partial charge < -0.3 is 10.2 Å². The molecule has 2 heteroatoms. The van der Waals surface area contributed by atoms with E-state index in [-0.39, 0.29) is 0 Å². The summed E-state index contributed by atoms with van der Waals surface area (Å²) in [6, 6.07) is 9.53. The molecule has 1 atom stereocenters. The first-order valence-corrected chi connectivity index (χ1v) is 7.21. The minimum absolute atomic E-state index is 0.610. The number of nitrogens with zero attached hydrogens (tertiary/aromatic N) is 1. The molecule has 0 aromatic heterocycles. The standard InChI is InChI=1S/C16H28N2/c1-5-7-14(3)18(4)16-10-8-15(9-11-16)13-17-12-6-2/h8-11,14,17H,5-7,12-13H2,1-4H3. The minimum Gasteiger partial charge on any atom is -0.372 e. The van der Waals surface area contributed by atoms with E-state index in [0.29, 0.717) is 6.04 Å². The summed E-state index contributed by atoms with van der Waals surface area (Å²) in [7, 11) is 2.19. The van der Waals surface area contributed by atoms with E-state index >= 15 is 0 Å². The van der Waals surface area contributed by atoms with Gasteiger partial charge in [0.1, 0.15) is 0 Å². The summed E-state index contributed by atoms with van der Waals surface area (Å²) in [6.45, 7) is 8.80. The maximum absolute atomic E-state index is 3.43. The highest BCUT2D eigenvalue weighted by Crippen LogP contribution is 2.18. The Balaban J connectivity index is 2.53. The molecule has 1 N–H and O–H groups in total. The first kappa shape index (κ1) is 15.0. The van der Waals surface area contributed by atoms with Crippen LogP contribution in [0.2, 0.25) is 0 Å². The van der Waals surface area contributed by atoms with Crippen LogP contribution >= 0.6 is 0 Å². The zero-order valence-corrected chi connectivity index (χ0v) is 12.4. The quantitative estimate of drug-likeness (QED) is 0.704. The van der Waals surface area contributed by atoms with Crippen LogP contribution < -0.4 is 10.2 Å². The second kappa shape index (κ2) is 8.15. The summed E-state index contributed by atoms with van der Waals surface area (Å²) in [5.41, 5.74) is 2.68. The highest BCUT2D eigenvalue weighted by Gasteiger charge is 2.08. The maximum Gasteiger partial charge on any atom is 0.0366 e. The van der Waals surface area contributed by atoms with Crippen LogP contribution in [-0.4, -0.2) is 19.6 Å². The zero-order valence-electron chi connectivity index (χ0n) is 12.4. The number of benzene rings is 1. The molecule has 18 heavy (non-hydrogen) atoms. The van der Waals surface area contributed by atoms with Gasteiger partial charge in [-0.15, -0.1) is 0 Å². The number of nitrogens with one attached hydrogen (secondary N) is 1. The SMILES string of the molecule is CCCNCc1ccc(N(C)C(C)CCC)cc1. The summed E-state index contributed by atoms with van der Waals surface area (Å²) >= 11 is 0. The maximum atomic E-state index is 3.43. The van der Waals surface area contributed by atoms with Gasteiger partial charge in [-0.05, 0) is 44.0 Å². The van der Waals surface area contributed by atoms with Crippen molar-refractivity contribution in [2.45, 2.75) is 52.6 Å². The van der Waals surface area contributed by atoms with Crippen molar-refractivity contribution in [3.05, 3.63) is 29.8 Å². The Bertz CT molecular complexity index is 318. The lowest BCUT2D eigenvalue weighted by molar-refractivity contribution is 0.616. The molecule has 0 saturated heterocycles. The van der Waals surface area contributed by atoms with Gasteiger partial charge in [0, 0.05) is 25.3 Å². The highest BCUT2D eigenvalue weighted by atomic mass is 15.1. The Kier molecular flexibility index (Phi) is 6.81. The summed E-state index contributed by atoms with van der Waals surface area (Å²) in [5.74, 6) is 0. The van der Waals surface area contributed by atoms with Gasteiger partial charge in [-0.2, -0.15) is 0 Å². The lowest BCUT2D eigenvalue weighted by atomic mass is 10.1. The van der Waals surface area contributed by atoms with Gasteiger partial charge in [0.05, 0.1) is 0 Å². The predicted octanol–water partition coefficient (Wildman–Crippen LogP) is 3.81. The zero-order chi connectivity index (χ0) is 13.4. The Morgan fingerprint density at radius 1 is 1.11 bits per heavy atom. The monoisotopic (exact) mass is 248 g/mol. The normalized spacial score (nSPS) is 12.4. The van der Waals surface area contributed by atoms with Crippen LogP contribution in [-0.2, 0) is 6.54 Å². The first-order valence-electron chi connectivity index (χ1n) is 7.21. The molecule has 102 valence electrons. The fourth-order valence-electron chi connectivity index (χ4n) is 2.12. The lowest BCUT2D eigenvalue weighted by Gasteiger charge is -2.27. The van der Waals surface area contributed by atoms with E-state index in [1.54, 1.807) is 0 Å². The molecule has 2 nitrogen and oxygen atoms in total. The van der Waals surface area contributed by atoms with Crippen molar-refractivity contribution in [1.29, 1.82) is 0 Å². The van der Waals surface area contributed by atoms with Gasteiger partial charge in [-0.25, -0.2) is 0 Å². The van der Waals surface area contributed by atoms with E-state index < -0.39 is 0 Å². The Morgan fingerprint density at radius 3 is 2.33 bits per heavy atom. The second-order valence-electron chi connectivity index (χ2n) is 5.09. The number of rotatable bonds is 8. The van der Waals surface area contributed by atoms with Crippen LogP contribution in [0.5, 0.6) is 0 Å². The summed E-state index contributed by atoms with van der Waals surface area (Å²) < 4.78 is 0. The third-order valence-electron chi connectivity index (χ3n) is 3.47. The van der Waals surface area contributed by atoms with Gasteiger partial charge in [0.2, 0.25) is 0 Å². The molecule has 1 aromatic carbocycles. The van der Waals surface area contributed by atoms with Crippen molar-refractivity contribution in [3.63, 3.8) is 0 Å². The molecule has 1 rings (SSSR count). The molecule has 0 aliphatic rings. The fourth-order valence-corrected chi connectivity index (χ4v) is 2.12. The van der Waals surface area contributed by atoms with E-state index in [4.69, 9.17) is 0 Å². The topological polar surface area (TPSA) is 15.3 Å². The van der Waals surface area contributed by atoms with Crippen molar-refractivity contribution >= 4 is 5.69 Å². The third-order valence-corrected chi connectivity index (χ3v) is 3.47. The van der Waals surface area contributed by atoms with Crippen LogP contribution in [0.25, 0.3) is 0 Å². The predicted molar refractivity (Wildman–Crippen MR) is 81.2 cm³/mol. The van der Waals surface area contributed by atoms with Crippen LogP contribution in [0.15, 0.2) is 24.3 Å². The number of anilines is 1. The van der Waals surface area contributed by atoms with Gasteiger partial charge in [-0.1, -0.05) is 32.4 Å². The molecule has 0 heterocycles. The largest absolute Gasteiger partial charge is 0.372 e. The molecule has 0 aliphatic carbocycles. The molecule has 0 saturated carbocycles. The van der Waals surface area contributed by atoms with Crippen molar-refractivity contribution in [2.75, 3.05) is 18.5 Å². The smallest absolute Gasteiger partial charge is 0.0366 e. The first-order chi connectivity index (χ1) is 8.69. The Labute approximate surface area is 112 Å². The van der Waals surface area contributed by atoms with E-state index in [2.05, 4.69) is 62.3 Å². The minimum atomic E-state index is 0.610. The average molecular weight is 248 g/mol. The summed E-state index contributed by atoms with van der Waals surface area (Å²) in [6.07, 6.45) is 3.68. The fraction of sp³-hybridized carbons (Fsp3) is 0.625. The van der Waals surface area contributed by atoms with E-state index in [9.17, 15) is 0 Å². The van der Waals surface area contributed by atoms with Crippen LogP contribution in [0.3, 0.4) is 0 Å². The van der Waals surface area contributed by atoms with E-state index in [1.807, 2.05) is 0 Å². The van der Waals surface area contributed by atoms with Gasteiger partial charge in [0.15, 0.2) is 0 Å². The van der Waals surface area contributed by atoms with Gasteiger partial charge >= 0.3 is 0 Å². The molecule has 0 radical (unpaired) electrons. The van der Waals surface area contributed by atoms with Crippen LogP contribution in [0.4, 0.5) is 5.69 Å². The van der Waals surface area contributed by atoms with Crippen LogP contribution in [0, 0.1) is 0 Å². The van der Waals surface area contributed by atoms with Gasteiger partial charge in [0.25, 0.3) is 0 Å². The van der Waals surface area contributed by atoms with Gasteiger partial charge in [-0.3, -0.25) is 0 Å². The van der Waals surface area contributed by atoms with E-state index in [0.717, 1.165) is 13.1 Å².